The van der Waals surface area contributed by atoms with Gasteiger partial charge < -0.3 is 19.3 Å². The third-order valence-electron chi connectivity index (χ3n) is 20.7. The van der Waals surface area contributed by atoms with Gasteiger partial charge in [-0.05, 0) is 260 Å². The lowest BCUT2D eigenvalue weighted by Crippen LogP contribution is -2.30. The van der Waals surface area contributed by atoms with E-state index in [1.165, 1.54) is 79.9 Å². The summed E-state index contributed by atoms with van der Waals surface area (Å²) in [4.78, 5) is 4.45. The summed E-state index contributed by atoms with van der Waals surface area (Å²) in [5.74, 6) is 0.940. The lowest BCUT2D eigenvalue weighted by molar-refractivity contribution is 0.306. The van der Waals surface area contributed by atoms with Crippen molar-refractivity contribution in [3.05, 3.63) is 429 Å². The van der Waals surface area contributed by atoms with Crippen LogP contribution >= 0.6 is 0 Å². The minimum Gasteiger partial charge on any atom is -0.489 e. The lowest BCUT2D eigenvalue weighted by atomic mass is 9.66. The molecule has 494 valence electrons. The van der Waals surface area contributed by atoms with E-state index in [9.17, 15) is 0 Å². The molecule has 14 aromatic rings. The lowest BCUT2D eigenvalue weighted by Gasteiger charge is -2.36. The van der Waals surface area contributed by atoms with Gasteiger partial charge in [-0.3, -0.25) is 0 Å². The normalized spacial score (nSPS) is 14.6. The van der Waals surface area contributed by atoms with Gasteiger partial charge in [0.2, 0.25) is 0 Å². The smallest absolute Gasteiger partial charge is 0.123 e. The molecule has 0 spiro atoms. The summed E-state index contributed by atoms with van der Waals surface area (Å²) in [5.41, 5.74) is 28.8. The second kappa shape index (κ2) is 26.7. The summed E-state index contributed by atoms with van der Waals surface area (Å²) >= 11 is 0. The third-order valence-corrected chi connectivity index (χ3v) is 20.7. The van der Waals surface area contributed by atoms with E-state index in [0.29, 0.717) is 13.2 Å². The maximum Gasteiger partial charge on any atom is 0.123 e. The minimum atomic E-state index is -0.727. The number of aryl methyl sites for hydroxylation is 4. The maximum atomic E-state index is 15.1. The molecular weight excluding hydrogens is 1250 g/mol. The fourth-order valence-corrected chi connectivity index (χ4v) is 15.7. The summed E-state index contributed by atoms with van der Waals surface area (Å²) < 4.78 is 43.0. The van der Waals surface area contributed by atoms with Crippen molar-refractivity contribution in [3.8, 4) is 44.9 Å². The Morgan fingerprint density at radius 2 is 0.647 bits per heavy atom. The van der Waals surface area contributed by atoms with Gasteiger partial charge in [-0.2, -0.15) is 0 Å². The monoisotopic (exact) mass is 1320 g/mol. The molecule has 0 fully saturated rings. The summed E-state index contributed by atoms with van der Waals surface area (Å²) in [7, 11) is 0. The molecule has 0 bridgehead atoms. The van der Waals surface area contributed by atoms with Crippen LogP contribution in [0, 0.1) is 39.3 Å². The topological polar surface area (TPSA) is 24.9 Å². The fraction of sp³-hybridized carbons (Fsp3) is 0.0833. The van der Waals surface area contributed by atoms with E-state index in [1.54, 1.807) is 0 Å². The summed E-state index contributed by atoms with van der Waals surface area (Å²) in [5, 5.41) is 0. The fourth-order valence-electron chi connectivity index (χ4n) is 15.7. The zero-order valence-electron chi connectivity index (χ0n) is 57.5. The van der Waals surface area contributed by atoms with Crippen molar-refractivity contribution in [1.82, 2.24) is 0 Å². The number of rotatable bonds is 19. The van der Waals surface area contributed by atoms with Gasteiger partial charge in [0.05, 0.1) is 10.8 Å². The van der Waals surface area contributed by atoms with E-state index >= 15 is 8.78 Å². The first kappa shape index (κ1) is 64.3. The number of fused-ring (bicyclic) bond motifs is 6. The molecule has 2 unspecified atom stereocenters. The maximum absolute atomic E-state index is 15.1. The van der Waals surface area contributed by atoms with Gasteiger partial charge in [-0.25, -0.2) is 8.78 Å². The van der Waals surface area contributed by atoms with Crippen molar-refractivity contribution in [2.24, 2.45) is 0 Å². The highest BCUT2D eigenvalue weighted by molar-refractivity contribution is 5.92. The summed E-state index contributed by atoms with van der Waals surface area (Å²) in [6.07, 6.45) is 3.69. The average Bonchev–Trinajstić information content (AvgIpc) is 1.54. The molecule has 2 atom stereocenters. The zero-order chi connectivity index (χ0) is 69.6. The largest absolute Gasteiger partial charge is 0.489 e. The first-order valence-electron chi connectivity index (χ1n) is 34.7. The molecule has 16 rings (SSSR count). The van der Waals surface area contributed by atoms with Gasteiger partial charge in [-0.15, -0.1) is 0 Å². The van der Waals surface area contributed by atoms with Crippen LogP contribution in [-0.4, -0.2) is 0 Å². The van der Waals surface area contributed by atoms with Crippen LogP contribution in [0.2, 0.25) is 0 Å². The van der Waals surface area contributed by atoms with Crippen molar-refractivity contribution < 1.29 is 18.3 Å². The van der Waals surface area contributed by atoms with Crippen LogP contribution in [0.5, 0.6) is 11.5 Å². The Labute approximate surface area is 596 Å². The summed E-state index contributed by atoms with van der Waals surface area (Å²) in [6.45, 7) is 17.5. The Balaban J connectivity index is 0.761. The highest BCUT2D eigenvalue weighted by atomic mass is 19.1. The standard InChI is InChI=1S/C96H74F2N2O2/c1-7-67-21-25-69(26-22-67)61-101-83-51-33-73(34-52-83)95(91-57-63(3)17-19-65(91)5)89-15-11-9-13-85(89)87-55-49-81(59-93(87)95)99(79-45-37-75(97)38-46-79)77-41-29-71(30-42-77)72-31-43-78(44-32-72)100(80-47-39-76(98)40-48-80)82-50-56-88-86-14-10-12-16-90(86)96(94(88)60-82,92-58-64(4)18-20-66(92)6)74-35-53-84(54-36-74)102-62-70-27-23-68(8-2)24-28-70/h7-60H,1-2,61-62H2,3-6H3. The molecule has 0 saturated carbocycles. The number of benzene rings is 14. The molecular formula is C96H74F2N2O2. The number of hydrogen-bond acceptors (Lipinski definition) is 4. The predicted octanol–water partition coefficient (Wildman–Crippen LogP) is 25.0. The Hall–Kier alpha value is -12.4. The molecule has 14 aromatic carbocycles. The van der Waals surface area contributed by atoms with Gasteiger partial charge in [0.1, 0.15) is 36.3 Å². The van der Waals surface area contributed by atoms with Crippen LogP contribution in [0.15, 0.2) is 329 Å². The number of halogens is 2. The van der Waals surface area contributed by atoms with Gasteiger partial charge >= 0.3 is 0 Å². The Kier molecular flexibility index (Phi) is 16.8. The van der Waals surface area contributed by atoms with E-state index in [4.69, 9.17) is 9.47 Å². The van der Waals surface area contributed by atoms with E-state index in [1.807, 2.05) is 36.4 Å². The van der Waals surface area contributed by atoms with Crippen molar-refractivity contribution in [2.45, 2.75) is 51.7 Å². The molecule has 0 N–H and O–H groups in total. The molecule has 4 nitrogen and oxygen atoms in total. The molecule has 0 aliphatic heterocycles. The van der Waals surface area contributed by atoms with Crippen molar-refractivity contribution in [2.75, 3.05) is 9.80 Å². The molecule has 0 aromatic heterocycles. The average molecular weight is 1330 g/mol. The quantitative estimate of drug-likeness (QED) is 0.0806. The summed E-state index contributed by atoms with van der Waals surface area (Å²) in [6, 6.07) is 109. The second-order valence-electron chi connectivity index (χ2n) is 26.9. The van der Waals surface area contributed by atoms with Crippen LogP contribution < -0.4 is 19.3 Å². The van der Waals surface area contributed by atoms with Crippen molar-refractivity contribution in [1.29, 1.82) is 0 Å². The van der Waals surface area contributed by atoms with Crippen LogP contribution in [0.1, 0.15) is 89.0 Å². The van der Waals surface area contributed by atoms with Crippen LogP contribution in [0.4, 0.5) is 42.9 Å². The van der Waals surface area contributed by atoms with Gasteiger partial charge in [-0.1, -0.05) is 231 Å². The van der Waals surface area contributed by atoms with E-state index in [-0.39, 0.29) is 11.6 Å². The van der Waals surface area contributed by atoms with Crippen LogP contribution in [0.3, 0.4) is 0 Å². The number of anilines is 6. The van der Waals surface area contributed by atoms with Crippen molar-refractivity contribution in [3.63, 3.8) is 0 Å². The second-order valence-corrected chi connectivity index (χ2v) is 26.9. The molecule has 0 saturated heterocycles. The zero-order valence-corrected chi connectivity index (χ0v) is 57.5. The first-order valence-corrected chi connectivity index (χ1v) is 34.7. The molecule has 0 heterocycles. The Morgan fingerprint density at radius 1 is 0.314 bits per heavy atom. The van der Waals surface area contributed by atoms with Gasteiger partial charge in [0.25, 0.3) is 0 Å². The predicted molar refractivity (Wildman–Crippen MR) is 416 cm³/mol. The van der Waals surface area contributed by atoms with Crippen molar-refractivity contribution >= 4 is 46.3 Å². The molecule has 102 heavy (non-hydrogen) atoms. The number of hydrogen-bond donors (Lipinski definition) is 0. The number of nitrogens with zero attached hydrogens (tertiary/aromatic N) is 2. The molecule has 2 aliphatic rings. The molecule has 2 aliphatic carbocycles. The van der Waals surface area contributed by atoms with Crippen LogP contribution in [-0.2, 0) is 24.0 Å². The highest BCUT2D eigenvalue weighted by Crippen LogP contribution is 2.60. The van der Waals surface area contributed by atoms with E-state index < -0.39 is 10.8 Å². The van der Waals surface area contributed by atoms with E-state index in [0.717, 1.165) is 112 Å². The highest BCUT2D eigenvalue weighted by Gasteiger charge is 2.49. The Morgan fingerprint density at radius 3 is 1.01 bits per heavy atom. The van der Waals surface area contributed by atoms with Gasteiger partial charge in [0, 0.05) is 34.1 Å². The van der Waals surface area contributed by atoms with E-state index in [2.05, 4.69) is 318 Å². The molecule has 0 amide bonds. The third kappa shape index (κ3) is 11.4. The van der Waals surface area contributed by atoms with Gasteiger partial charge in [0.15, 0.2) is 0 Å². The Bertz CT molecular complexity index is 5130. The van der Waals surface area contributed by atoms with Crippen LogP contribution in [0.25, 0.3) is 45.5 Å². The number of ether oxygens (including phenoxy) is 2. The molecule has 6 heteroatoms. The molecule has 0 radical (unpaired) electrons. The first-order chi connectivity index (χ1) is 49.9. The SMILES string of the molecule is C=Cc1ccc(COc2ccc(C3(c4cc(C)ccc4C)c4ccccc4-c4ccc(N(c5ccc(F)cc5)c5ccc(-c6ccc(N(c7ccc(F)cc7)c7ccc8c(c7)C(c7ccc(OCc9ccc(C=C)cc9)cc7)(c7cc(C)ccc7C)c7ccccc7-8)cc6)cc5)cc43)cc2)cc1. The minimum absolute atomic E-state index is 0.311.